The molecule has 0 aliphatic heterocycles. The molecule has 0 saturated carbocycles. The molecule has 0 atom stereocenters. The summed E-state index contributed by atoms with van der Waals surface area (Å²) in [5.41, 5.74) is 0.192. The number of hydrogen-bond donors (Lipinski definition) is 1. The van der Waals surface area contributed by atoms with Crippen molar-refractivity contribution in [3.63, 3.8) is 0 Å². The van der Waals surface area contributed by atoms with Crippen LogP contribution in [0.25, 0.3) is 10.9 Å². The Balaban J connectivity index is 2.20. The maximum Gasteiger partial charge on any atom is 0.451 e. The number of carbonyl (C=O) groups excluding carboxylic acids is 1. The van der Waals surface area contributed by atoms with E-state index in [-0.39, 0.29) is 22.2 Å². The van der Waals surface area contributed by atoms with Crippen LogP contribution < -0.4 is 5.32 Å². The van der Waals surface area contributed by atoms with Crippen molar-refractivity contribution in [3.05, 3.63) is 30.1 Å². The lowest BCUT2D eigenvalue weighted by molar-refractivity contribution is -0.145. The van der Waals surface area contributed by atoms with Gasteiger partial charge in [-0.2, -0.15) is 13.2 Å². The third-order valence-corrected chi connectivity index (χ3v) is 3.78. The number of thioether (sulfide) groups is 1. The van der Waals surface area contributed by atoms with E-state index in [4.69, 9.17) is 4.74 Å². The smallest absolute Gasteiger partial charge is 0.383 e. The Bertz CT molecular complexity index is 695. The Labute approximate surface area is 134 Å². The molecule has 0 fully saturated rings. The molecule has 0 spiro atoms. The number of rotatable bonds is 6. The number of hydrogen-bond acceptors (Lipinski definition) is 5. The van der Waals surface area contributed by atoms with Crippen molar-refractivity contribution in [2.75, 3.05) is 26.0 Å². The van der Waals surface area contributed by atoms with Gasteiger partial charge in [0, 0.05) is 19.0 Å². The van der Waals surface area contributed by atoms with Crippen molar-refractivity contribution >= 4 is 28.6 Å². The number of aromatic nitrogens is 2. The van der Waals surface area contributed by atoms with Crippen LogP contribution in [0.15, 0.2) is 29.3 Å². The molecule has 1 amide bonds. The Morgan fingerprint density at radius 1 is 1.30 bits per heavy atom. The first-order valence-corrected chi connectivity index (χ1v) is 7.63. The monoisotopic (exact) mass is 345 g/mol. The van der Waals surface area contributed by atoms with E-state index < -0.39 is 12.0 Å². The molecule has 1 heterocycles. The number of nitrogens with one attached hydrogen (secondary N) is 1. The highest BCUT2D eigenvalue weighted by molar-refractivity contribution is 8.00. The van der Waals surface area contributed by atoms with Crippen LogP contribution in [-0.4, -0.2) is 41.9 Å². The zero-order chi connectivity index (χ0) is 16.9. The highest BCUT2D eigenvalue weighted by atomic mass is 32.2. The molecule has 0 radical (unpaired) electrons. The maximum absolute atomic E-state index is 12.9. The number of alkyl halides is 3. The van der Waals surface area contributed by atoms with E-state index in [9.17, 15) is 18.0 Å². The summed E-state index contributed by atoms with van der Waals surface area (Å²) in [5.74, 6) is -1.55. The van der Waals surface area contributed by atoms with Crippen molar-refractivity contribution in [3.8, 4) is 0 Å². The number of nitrogens with zero attached hydrogens (tertiary/aromatic N) is 2. The average Bonchev–Trinajstić information content (AvgIpc) is 2.51. The molecule has 2 rings (SSSR count). The third-order valence-electron chi connectivity index (χ3n) is 2.79. The fraction of sp³-hybridized carbons (Fsp3) is 0.357. The molecule has 1 N–H and O–H groups in total. The summed E-state index contributed by atoms with van der Waals surface area (Å²) in [6.45, 7) is 0.708. The largest absolute Gasteiger partial charge is 0.451 e. The van der Waals surface area contributed by atoms with Crippen LogP contribution >= 0.6 is 11.8 Å². The van der Waals surface area contributed by atoms with Crippen LogP contribution in [0.5, 0.6) is 0 Å². The van der Waals surface area contributed by atoms with E-state index in [1.165, 1.54) is 13.2 Å². The van der Waals surface area contributed by atoms with Gasteiger partial charge in [0.2, 0.25) is 11.7 Å². The van der Waals surface area contributed by atoms with E-state index in [1.54, 1.807) is 18.2 Å². The topological polar surface area (TPSA) is 64.1 Å². The van der Waals surface area contributed by atoms with Gasteiger partial charge in [-0.3, -0.25) is 4.79 Å². The Morgan fingerprint density at radius 2 is 2.04 bits per heavy atom. The minimum atomic E-state index is -4.64. The molecule has 0 aliphatic carbocycles. The SMILES string of the molecule is COCCNC(=O)CSc1nc(C(F)(F)F)nc2ccccc12. The first-order valence-electron chi connectivity index (χ1n) is 6.64. The van der Waals surface area contributed by atoms with Gasteiger partial charge in [-0.1, -0.05) is 30.0 Å². The number of amides is 1. The lowest BCUT2D eigenvalue weighted by Crippen LogP contribution is -2.28. The van der Waals surface area contributed by atoms with Crippen molar-refractivity contribution in [1.29, 1.82) is 0 Å². The highest BCUT2D eigenvalue weighted by Crippen LogP contribution is 2.31. The fourth-order valence-corrected chi connectivity index (χ4v) is 2.61. The molecule has 0 unspecified atom stereocenters. The number of halogens is 3. The zero-order valence-electron chi connectivity index (χ0n) is 12.2. The van der Waals surface area contributed by atoms with Crippen molar-refractivity contribution in [2.45, 2.75) is 11.2 Å². The van der Waals surface area contributed by atoms with Gasteiger partial charge in [-0.25, -0.2) is 9.97 Å². The molecule has 1 aromatic carbocycles. The van der Waals surface area contributed by atoms with Gasteiger partial charge < -0.3 is 10.1 Å². The van der Waals surface area contributed by atoms with Crippen molar-refractivity contribution in [1.82, 2.24) is 15.3 Å². The highest BCUT2D eigenvalue weighted by Gasteiger charge is 2.35. The van der Waals surface area contributed by atoms with E-state index >= 15 is 0 Å². The van der Waals surface area contributed by atoms with Gasteiger partial charge in [0.15, 0.2) is 0 Å². The lowest BCUT2D eigenvalue weighted by Gasteiger charge is -2.10. The standard InChI is InChI=1S/C14H14F3N3O2S/c1-22-7-6-18-11(21)8-23-12-9-4-2-3-5-10(9)19-13(20-12)14(15,16)17/h2-5H,6-8H2,1H3,(H,18,21). The molecule has 0 aliphatic rings. The third kappa shape index (κ3) is 4.80. The van der Waals surface area contributed by atoms with Crippen LogP contribution in [0, 0.1) is 0 Å². The molecule has 0 bridgehead atoms. The molecule has 0 saturated heterocycles. The quantitative estimate of drug-likeness (QED) is 0.495. The molecular weight excluding hydrogens is 331 g/mol. The number of benzene rings is 1. The van der Waals surface area contributed by atoms with E-state index in [0.717, 1.165) is 11.8 Å². The molecule has 23 heavy (non-hydrogen) atoms. The molecule has 124 valence electrons. The average molecular weight is 345 g/mol. The van der Waals surface area contributed by atoms with Gasteiger partial charge in [-0.05, 0) is 6.07 Å². The predicted octanol–water partition coefficient (Wildman–Crippen LogP) is 2.50. The van der Waals surface area contributed by atoms with E-state index in [0.29, 0.717) is 18.5 Å². The van der Waals surface area contributed by atoms with Gasteiger partial charge >= 0.3 is 6.18 Å². The van der Waals surface area contributed by atoms with Gasteiger partial charge in [0.05, 0.1) is 17.9 Å². The Morgan fingerprint density at radius 3 is 2.74 bits per heavy atom. The van der Waals surface area contributed by atoms with Crippen molar-refractivity contribution < 1.29 is 22.7 Å². The van der Waals surface area contributed by atoms with Crippen LogP contribution in [0.1, 0.15) is 5.82 Å². The molecule has 9 heteroatoms. The fourth-order valence-electron chi connectivity index (χ4n) is 1.76. The molecule has 5 nitrogen and oxygen atoms in total. The lowest BCUT2D eigenvalue weighted by atomic mass is 10.2. The van der Waals surface area contributed by atoms with E-state index in [2.05, 4.69) is 15.3 Å². The van der Waals surface area contributed by atoms with Gasteiger partial charge in [0.1, 0.15) is 5.03 Å². The summed E-state index contributed by atoms with van der Waals surface area (Å²) in [5, 5.41) is 3.21. The number of fused-ring (bicyclic) bond motifs is 1. The summed E-state index contributed by atoms with van der Waals surface area (Å²) < 4.78 is 43.4. The second-order valence-corrected chi connectivity index (χ2v) is 5.46. The summed E-state index contributed by atoms with van der Waals surface area (Å²) in [4.78, 5) is 18.7. The summed E-state index contributed by atoms with van der Waals surface area (Å²) >= 11 is 0.942. The first kappa shape index (κ1) is 17.5. The Hall–Kier alpha value is -1.87. The van der Waals surface area contributed by atoms with Gasteiger partial charge in [-0.15, -0.1) is 0 Å². The molecule has 2 aromatic rings. The molecule has 1 aromatic heterocycles. The number of methoxy groups -OCH3 is 1. The second-order valence-electron chi connectivity index (χ2n) is 4.50. The van der Waals surface area contributed by atoms with Gasteiger partial charge in [0.25, 0.3) is 0 Å². The normalized spacial score (nSPS) is 11.7. The van der Waals surface area contributed by atoms with Crippen LogP contribution in [0.3, 0.4) is 0 Å². The van der Waals surface area contributed by atoms with Crippen molar-refractivity contribution in [2.24, 2.45) is 0 Å². The van der Waals surface area contributed by atoms with Crippen LogP contribution in [-0.2, 0) is 15.7 Å². The Kier molecular flexibility index (Phi) is 5.78. The van der Waals surface area contributed by atoms with Crippen LogP contribution in [0.4, 0.5) is 13.2 Å². The predicted molar refractivity (Wildman–Crippen MR) is 80.1 cm³/mol. The zero-order valence-corrected chi connectivity index (χ0v) is 13.0. The summed E-state index contributed by atoms with van der Waals surface area (Å²) in [6.07, 6.45) is -4.64. The minimum Gasteiger partial charge on any atom is -0.383 e. The van der Waals surface area contributed by atoms with E-state index in [1.807, 2.05) is 0 Å². The number of ether oxygens (including phenoxy) is 1. The van der Waals surface area contributed by atoms with Crippen LogP contribution in [0.2, 0.25) is 0 Å². The first-order chi connectivity index (χ1) is 10.9. The second kappa shape index (κ2) is 7.60. The minimum absolute atomic E-state index is 0.0397. The summed E-state index contributed by atoms with van der Waals surface area (Å²) in [7, 11) is 1.51. The summed E-state index contributed by atoms with van der Waals surface area (Å²) in [6, 6.07) is 6.39. The maximum atomic E-state index is 12.9. The molecular formula is C14H14F3N3O2S. The number of carbonyl (C=O) groups is 1. The number of para-hydroxylation sites is 1.